The van der Waals surface area contributed by atoms with Gasteiger partial charge in [-0.25, -0.2) is 4.79 Å². The van der Waals surface area contributed by atoms with Crippen LogP contribution in [0.4, 0.5) is 16.2 Å². The Labute approximate surface area is 141 Å². The minimum atomic E-state index is -0.431. The lowest BCUT2D eigenvalue weighted by atomic mass is 10.2. The van der Waals surface area contributed by atoms with Gasteiger partial charge in [0.2, 0.25) is 0 Å². The van der Waals surface area contributed by atoms with Gasteiger partial charge in [0.05, 0.1) is 4.92 Å². The number of nitro benzene ring substituents is 1. The molecule has 0 aliphatic rings. The standard InChI is InChI=1S/C18H21N3O3/c1-3-11-20(13-15-7-5-4-6-8-15)18(22)19-16-9-10-17(21(23)24)14(2)12-16/h4-10,12H,3,11,13H2,1-2H3,(H,19,22). The van der Waals surface area contributed by atoms with E-state index in [4.69, 9.17) is 0 Å². The molecule has 0 saturated heterocycles. The van der Waals surface area contributed by atoms with Gasteiger partial charge in [-0.1, -0.05) is 37.3 Å². The summed E-state index contributed by atoms with van der Waals surface area (Å²) in [5, 5.41) is 13.7. The molecule has 0 saturated carbocycles. The second kappa shape index (κ2) is 8.10. The number of benzene rings is 2. The summed E-state index contributed by atoms with van der Waals surface area (Å²) in [4.78, 5) is 24.7. The predicted octanol–water partition coefficient (Wildman–Crippen LogP) is 4.35. The van der Waals surface area contributed by atoms with Crippen molar-refractivity contribution < 1.29 is 9.72 Å². The molecule has 0 heterocycles. The molecule has 2 amide bonds. The third-order valence-electron chi connectivity index (χ3n) is 3.64. The molecule has 0 aromatic heterocycles. The predicted molar refractivity (Wildman–Crippen MR) is 94.0 cm³/mol. The Bertz CT molecular complexity index is 717. The summed E-state index contributed by atoms with van der Waals surface area (Å²) in [5.41, 5.74) is 2.17. The van der Waals surface area contributed by atoms with Gasteiger partial charge in [-0.15, -0.1) is 0 Å². The first kappa shape index (κ1) is 17.5. The highest BCUT2D eigenvalue weighted by Crippen LogP contribution is 2.22. The van der Waals surface area contributed by atoms with Gasteiger partial charge >= 0.3 is 6.03 Å². The minimum Gasteiger partial charge on any atom is -0.320 e. The maximum absolute atomic E-state index is 12.5. The highest BCUT2D eigenvalue weighted by atomic mass is 16.6. The molecular formula is C18H21N3O3. The van der Waals surface area contributed by atoms with E-state index in [0.717, 1.165) is 12.0 Å². The second-order valence-electron chi connectivity index (χ2n) is 5.60. The van der Waals surface area contributed by atoms with Crippen LogP contribution in [0.15, 0.2) is 48.5 Å². The number of urea groups is 1. The van der Waals surface area contributed by atoms with Gasteiger partial charge in [0, 0.05) is 30.4 Å². The van der Waals surface area contributed by atoms with Crippen LogP contribution < -0.4 is 5.32 Å². The number of carbonyl (C=O) groups excluding carboxylic acids is 1. The summed E-state index contributed by atoms with van der Waals surface area (Å²) >= 11 is 0. The Morgan fingerprint density at radius 2 is 1.92 bits per heavy atom. The molecule has 0 bridgehead atoms. The van der Waals surface area contributed by atoms with Crippen molar-refractivity contribution >= 4 is 17.4 Å². The summed E-state index contributed by atoms with van der Waals surface area (Å²) in [6, 6.07) is 14.1. The summed E-state index contributed by atoms with van der Waals surface area (Å²) < 4.78 is 0. The summed E-state index contributed by atoms with van der Waals surface area (Å²) in [7, 11) is 0. The molecule has 2 aromatic rings. The van der Waals surface area contributed by atoms with E-state index in [-0.39, 0.29) is 11.7 Å². The van der Waals surface area contributed by atoms with E-state index in [1.807, 2.05) is 37.3 Å². The number of amides is 2. The average molecular weight is 327 g/mol. The molecule has 0 radical (unpaired) electrons. The first-order valence-electron chi connectivity index (χ1n) is 7.86. The molecule has 0 atom stereocenters. The van der Waals surface area contributed by atoms with E-state index in [2.05, 4.69) is 5.32 Å². The van der Waals surface area contributed by atoms with Crippen molar-refractivity contribution in [3.05, 3.63) is 69.8 Å². The first-order chi connectivity index (χ1) is 11.5. The highest BCUT2D eigenvalue weighted by Gasteiger charge is 2.15. The van der Waals surface area contributed by atoms with Crippen LogP contribution in [0.2, 0.25) is 0 Å². The zero-order valence-corrected chi connectivity index (χ0v) is 13.9. The van der Waals surface area contributed by atoms with Crippen LogP contribution >= 0.6 is 0 Å². The quantitative estimate of drug-likeness (QED) is 0.633. The van der Waals surface area contributed by atoms with Gasteiger partial charge in [-0.2, -0.15) is 0 Å². The molecule has 2 aromatic carbocycles. The smallest absolute Gasteiger partial charge is 0.320 e. The Morgan fingerprint density at radius 3 is 2.50 bits per heavy atom. The molecule has 2 rings (SSSR count). The van der Waals surface area contributed by atoms with Gasteiger partial charge in [-0.05, 0) is 31.0 Å². The van der Waals surface area contributed by atoms with Crippen molar-refractivity contribution in [2.75, 3.05) is 11.9 Å². The number of aryl methyl sites for hydroxylation is 1. The van der Waals surface area contributed by atoms with Crippen molar-refractivity contribution in [2.24, 2.45) is 0 Å². The maximum atomic E-state index is 12.5. The molecule has 24 heavy (non-hydrogen) atoms. The van der Waals surface area contributed by atoms with Crippen molar-refractivity contribution in [1.82, 2.24) is 4.90 Å². The van der Waals surface area contributed by atoms with E-state index in [9.17, 15) is 14.9 Å². The van der Waals surface area contributed by atoms with E-state index in [0.29, 0.717) is 24.3 Å². The molecule has 0 aliphatic heterocycles. The number of carbonyl (C=O) groups is 1. The fourth-order valence-electron chi connectivity index (χ4n) is 2.47. The number of rotatable bonds is 6. The van der Waals surface area contributed by atoms with E-state index >= 15 is 0 Å². The minimum absolute atomic E-state index is 0.0442. The van der Waals surface area contributed by atoms with Crippen molar-refractivity contribution in [3.63, 3.8) is 0 Å². The summed E-state index contributed by atoms with van der Waals surface area (Å²) in [6.45, 7) is 4.82. The number of nitrogens with zero attached hydrogens (tertiary/aromatic N) is 2. The van der Waals surface area contributed by atoms with Crippen LogP contribution in [0.3, 0.4) is 0 Å². The third kappa shape index (κ3) is 4.55. The Hall–Kier alpha value is -2.89. The van der Waals surface area contributed by atoms with Crippen LogP contribution in [-0.2, 0) is 6.54 Å². The van der Waals surface area contributed by atoms with Crippen molar-refractivity contribution in [3.8, 4) is 0 Å². The fourth-order valence-corrected chi connectivity index (χ4v) is 2.47. The van der Waals surface area contributed by atoms with Gasteiger partial charge in [0.15, 0.2) is 0 Å². The first-order valence-corrected chi connectivity index (χ1v) is 7.86. The molecule has 0 spiro atoms. The van der Waals surface area contributed by atoms with Gasteiger partial charge in [0.1, 0.15) is 0 Å². The van der Waals surface area contributed by atoms with Crippen LogP contribution in [0.25, 0.3) is 0 Å². The highest BCUT2D eigenvalue weighted by molar-refractivity contribution is 5.89. The lowest BCUT2D eigenvalue weighted by molar-refractivity contribution is -0.385. The Morgan fingerprint density at radius 1 is 1.21 bits per heavy atom. The van der Waals surface area contributed by atoms with Crippen LogP contribution in [0.1, 0.15) is 24.5 Å². The largest absolute Gasteiger partial charge is 0.322 e. The summed E-state index contributed by atoms with van der Waals surface area (Å²) in [5.74, 6) is 0. The number of hydrogen-bond acceptors (Lipinski definition) is 3. The third-order valence-corrected chi connectivity index (χ3v) is 3.64. The van der Waals surface area contributed by atoms with Gasteiger partial charge < -0.3 is 10.2 Å². The number of nitro groups is 1. The molecule has 1 N–H and O–H groups in total. The topological polar surface area (TPSA) is 75.5 Å². The van der Waals surface area contributed by atoms with E-state index in [1.165, 1.54) is 6.07 Å². The lowest BCUT2D eigenvalue weighted by Gasteiger charge is -2.23. The van der Waals surface area contributed by atoms with Crippen LogP contribution in [0.5, 0.6) is 0 Å². The SMILES string of the molecule is CCCN(Cc1ccccc1)C(=O)Nc1ccc([N+](=O)[O-])c(C)c1. The van der Waals surface area contributed by atoms with Crippen LogP contribution in [0, 0.1) is 17.0 Å². The number of nitrogens with one attached hydrogen (secondary N) is 1. The average Bonchev–Trinajstić information content (AvgIpc) is 2.55. The van der Waals surface area contributed by atoms with Gasteiger partial charge in [-0.3, -0.25) is 10.1 Å². The van der Waals surface area contributed by atoms with Crippen LogP contribution in [-0.4, -0.2) is 22.4 Å². The molecule has 126 valence electrons. The van der Waals surface area contributed by atoms with E-state index < -0.39 is 4.92 Å². The molecular weight excluding hydrogens is 306 g/mol. The number of anilines is 1. The normalized spacial score (nSPS) is 10.2. The molecule has 0 aliphatic carbocycles. The number of hydrogen-bond donors (Lipinski definition) is 1. The van der Waals surface area contributed by atoms with Crippen molar-refractivity contribution in [2.45, 2.75) is 26.8 Å². The molecule has 6 heteroatoms. The fraction of sp³-hybridized carbons (Fsp3) is 0.278. The molecule has 0 unspecified atom stereocenters. The molecule has 6 nitrogen and oxygen atoms in total. The lowest BCUT2D eigenvalue weighted by Crippen LogP contribution is -2.35. The monoisotopic (exact) mass is 327 g/mol. The Kier molecular flexibility index (Phi) is 5.89. The molecule has 0 fully saturated rings. The van der Waals surface area contributed by atoms with E-state index in [1.54, 1.807) is 24.0 Å². The zero-order chi connectivity index (χ0) is 17.5. The van der Waals surface area contributed by atoms with Gasteiger partial charge in [0.25, 0.3) is 5.69 Å². The second-order valence-corrected chi connectivity index (χ2v) is 5.60. The zero-order valence-electron chi connectivity index (χ0n) is 13.9. The maximum Gasteiger partial charge on any atom is 0.322 e. The Balaban J connectivity index is 2.10. The van der Waals surface area contributed by atoms with Crippen molar-refractivity contribution in [1.29, 1.82) is 0 Å². The summed E-state index contributed by atoms with van der Waals surface area (Å²) in [6.07, 6.45) is 0.847.